The van der Waals surface area contributed by atoms with E-state index in [1.807, 2.05) is 0 Å². The van der Waals surface area contributed by atoms with Crippen LogP contribution in [-0.4, -0.2) is 42.1 Å². The Hall–Kier alpha value is -2.55. The molecule has 0 bridgehead atoms. The third-order valence-corrected chi connectivity index (χ3v) is 5.62. The van der Waals surface area contributed by atoms with E-state index in [4.69, 9.17) is 0 Å². The SMILES string of the molecule is O=C(NCc1ccc(F)cc1)c1ccc(NC2CCS(=O)(=O)C2)nn1. The van der Waals surface area contributed by atoms with Crippen molar-refractivity contribution in [1.82, 2.24) is 15.5 Å². The van der Waals surface area contributed by atoms with Crippen LogP contribution in [0.4, 0.5) is 10.2 Å². The van der Waals surface area contributed by atoms with E-state index >= 15 is 0 Å². The number of amides is 1. The Balaban J connectivity index is 1.54. The van der Waals surface area contributed by atoms with E-state index < -0.39 is 15.7 Å². The van der Waals surface area contributed by atoms with Crippen LogP contribution >= 0.6 is 0 Å². The molecule has 9 heteroatoms. The van der Waals surface area contributed by atoms with Gasteiger partial charge in [-0.05, 0) is 36.2 Å². The Labute approximate surface area is 144 Å². The number of sulfone groups is 1. The van der Waals surface area contributed by atoms with Crippen LogP contribution in [0, 0.1) is 5.82 Å². The number of benzene rings is 1. The van der Waals surface area contributed by atoms with E-state index in [0.717, 1.165) is 5.56 Å². The summed E-state index contributed by atoms with van der Waals surface area (Å²) in [6.45, 7) is 0.251. The zero-order chi connectivity index (χ0) is 17.9. The second-order valence-corrected chi connectivity index (χ2v) is 8.09. The van der Waals surface area contributed by atoms with Gasteiger partial charge in [0.15, 0.2) is 15.5 Å². The van der Waals surface area contributed by atoms with Gasteiger partial charge in [0.2, 0.25) is 0 Å². The van der Waals surface area contributed by atoms with Crippen molar-refractivity contribution >= 4 is 21.6 Å². The van der Waals surface area contributed by atoms with Gasteiger partial charge >= 0.3 is 0 Å². The molecule has 25 heavy (non-hydrogen) atoms. The van der Waals surface area contributed by atoms with Gasteiger partial charge in [0.05, 0.1) is 11.5 Å². The maximum atomic E-state index is 12.8. The zero-order valence-electron chi connectivity index (χ0n) is 13.3. The molecule has 1 aromatic heterocycles. The Morgan fingerprint density at radius 1 is 1.16 bits per heavy atom. The zero-order valence-corrected chi connectivity index (χ0v) is 14.1. The molecular weight excluding hydrogens is 347 g/mol. The summed E-state index contributed by atoms with van der Waals surface area (Å²) in [6.07, 6.45) is 0.532. The first-order chi connectivity index (χ1) is 11.9. The average molecular weight is 364 g/mol. The molecule has 2 heterocycles. The molecule has 1 amide bonds. The highest BCUT2D eigenvalue weighted by molar-refractivity contribution is 7.91. The molecule has 3 rings (SSSR count). The number of hydrogen-bond donors (Lipinski definition) is 2. The number of nitrogens with one attached hydrogen (secondary N) is 2. The van der Waals surface area contributed by atoms with Crippen molar-refractivity contribution in [2.45, 2.75) is 19.0 Å². The summed E-state index contributed by atoms with van der Waals surface area (Å²) in [7, 11) is -2.97. The van der Waals surface area contributed by atoms with Crippen LogP contribution < -0.4 is 10.6 Å². The van der Waals surface area contributed by atoms with E-state index in [9.17, 15) is 17.6 Å². The van der Waals surface area contributed by atoms with E-state index in [2.05, 4.69) is 20.8 Å². The fourth-order valence-corrected chi connectivity index (χ4v) is 4.20. The Morgan fingerprint density at radius 3 is 2.52 bits per heavy atom. The van der Waals surface area contributed by atoms with Gasteiger partial charge in [0.1, 0.15) is 11.6 Å². The van der Waals surface area contributed by atoms with Crippen LogP contribution in [0.15, 0.2) is 36.4 Å². The molecular formula is C16H17FN4O3S. The topological polar surface area (TPSA) is 101 Å². The molecule has 1 saturated heterocycles. The van der Waals surface area contributed by atoms with Crippen molar-refractivity contribution in [1.29, 1.82) is 0 Å². The van der Waals surface area contributed by atoms with Gasteiger partial charge in [-0.15, -0.1) is 10.2 Å². The lowest BCUT2D eigenvalue weighted by Gasteiger charge is -2.11. The predicted molar refractivity (Wildman–Crippen MR) is 90.3 cm³/mol. The maximum absolute atomic E-state index is 12.8. The number of carbonyl (C=O) groups is 1. The number of halogens is 1. The fourth-order valence-electron chi connectivity index (χ4n) is 2.52. The highest BCUT2D eigenvalue weighted by Crippen LogP contribution is 2.15. The highest BCUT2D eigenvalue weighted by atomic mass is 32.2. The van der Waals surface area contributed by atoms with Crippen LogP contribution in [-0.2, 0) is 16.4 Å². The van der Waals surface area contributed by atoms with Crippen molar-refractivity contribution in [3.05, 3.63) is 53.5 Å². The minimum Gasteiger partial charge on any atom is -0.365 e. The van der Waals surface area contributed by atoms with Gasteiger partial charge in [-0.3, -0.25) is 4.79 Å². The molecule has 0 spiro atoms. The third kappa shape index (κ3) is 4.72. The monoisotopic (exact) mass is 364 g/mol. The van der Waals surface area contributed by atoms with Crippen LogP contribution in [0.3, 0.4) is 0 Å². The molecule has 7 nitrogen and oxygen atoms in total. The number of rotatable bonds is 5. The molecule has 132 valence electrons. The lowest BCUT2D eigenvalue weighted by molar-refractivity contribution is 0.0945. The maximum Gasteiger partial charge on any atom is 0.272 e. The molecule has 0 radical (unpaired) electrons. The van der Waals surface area contributed by atoms with Crippen molar-refractivity contribution in [3.63, 3.8) is 0 Å². The van der Waals surface area contributed by atoms with Crippen molar-refractivity contribution in [2.24, 2.45) is 0 Å². The Bertz CT molecular complexity index is 854. The van der Waals surface area contributed by atoms with Gasteiger partial charge in [0.25, 0.3) is 5.91 Å². The quantitative estimate of drug-likeness (QED) is 0.825. The largest absolute Gasteiger partial charge is 0.365 e. The van der Waals surface area contributed by atoms with Gasteiger partial charge in [-0.1, -0.05) is 12.1 Å². The van der Waals surface area contributed by atoms with Crippen LogP contribution in [0.5, 0.6) is 0 Å². The Morgan fingerprint density at radius 2 is 1.92 bits per heavy atom. The molecule has 2 N–H and O–H groups in total. The van der Waals surface area contributed by atoms with E-state index in [0.29, 0.717) is 12.2 Å². The summed E-state index contributed by atoms with van der Waals surface area (Å²) < 4.78 is 35.7. The number of anilines is 1. The molecule has 1 atom stereocenters. The summed E-state index contributed by atoms with van der Waals surface area (Å²) in [5.74, 6) is -0.0561. The molecule has 0 saturated carbocycles. The molecule has 1 aromatic carbocycles. The van der Waals surface area contributed by atoms with E-state index in [-0.39, 0.29) is 35.6 Å². The first kappa shape index (κ1) is 17.3. The molecule has 1 aliphatic rings. The lowest BCUT2D eigenvalue weighted by Crippen LogP contribution is -2.25. The second kappa shape index (κ2) is 7.14. The van der Waals surface area contributed by atoms with Gasteiger partial charge < -0.3 is 10.6 Å². The summed E-state index contributed by atoms with van der Waals surface area (Å²) in [5, 5.41) is 13.4. The van der Waals surface area contributed by atoms with E-state index in [1.54, 1.807) is 18.2 Å². The lowest BCUT2D eigenvalue weighted by atomic mass is 10.2. The van der Waals surface area contributed by atoms with Crippen molar-refractivity contribution < 1.29 is 17.6 Å². The number of carbonyl (C=O) groups excluding carboxylic acids is 1. The minimum absolute atomic E-state index is 0.0780. The average Bonchev–Trinajstić information content (AvgIpc) is 2.93. The van der Waals surface area contributed by atoms with Crippen molar-refractivity contribution in [2.75, 3.05) is 16.8 Å². The van der Waals surface area contributed by atoms with Crippen LogP contribution in [0.2, 0.25) is 0 Å². The van der Waals surface area contributed by atoms with Gasteiger partial charge in [-0.25, -0.2) is 12.8 Å². The minimum atomic E-state index is -2.97. The standard InChI is InChI=1S/C16H17FN4O3S/c17-12-3-1-11(2-4-12)9-18-16(22)14-5-6-15(21-20-14)19-13-7-8-25(23,24)10-13/h1-6,13H,7-10H2,(H,18,22)(H,19,21). The summed E-state index contributed by atoms with van der Waals surface area (Å²) in [6, 6.07) is 8.74. The molecule has 1 aliphatic heterocycles. The smallest absolute Gasteiger partial charge is 0.272 e. The second-order valence-electron chi connectivity index (χ2n) is 5.86. The first-order valence-electron chi connectivity index (χ1n) is 7.75. The Kier molecular flexibility index (Phi) is 4.93. The predicted octanol–water partition coefficient (Wildman–Crippen LogP) is 1.14. The molecule has 2 aromatic rings. The summed E-state index contributed by atoms with van der Waals surface area (Å²) in [4.78, 5) is 12.0. The van der Waals surface area contributed by atoms with Crippen LogP contribution in [0.1, 0.15) is 22.5 Å². The van der Waals surface area contributed by atoms with E-state index in [1.165, 1.54) is 18.2 Å². The third-order valence-electron chi connectivity index (χ3n) is 3.85. The summed E-state index contributed by atoms with van der Waals surface area (Å²) in [5.41, 5.74) is 0.912. The normalized spacial score (nSPS) is 18.7. The van der Waals surface area contributed by atoms with Gasteiger partial charge in [-0.2, -0.15) is 0 Å². The number of hydrogen-bond acceptors (Lipinski definition) is 6. The fraction of sp³-hybridized carbons (Fsp3) is 0.312. The molecule has 1 fully saturated rings. The van der Waals surface area contributed by atoms with Gasteiger partial charge in [0, 0.05) is 12.6 Å². The first-order valence-corrected chi connectivity index (χ1v) is 9.57. The number of nitrogens with zero attached hydrogens (tertiary/aromatic N) is 2. The summed E-state index contributed by atoms with van der Waals surface area (Å²) >= 11 is 0. The highest BCUT2D eigenvalue weighted by Gasteiger charge is 2.28. The molecule has 1 unspecified atom stereocenters. The number of aromatic nitrogens is 2. The molecule has 0 aliphatic carbocycles. The van der Waals surface area contributed by atoms with Crippen LogP contribution in [0.25, 0.3) is 0 Å². The van der Waals surface area contributed by atoms with Crippen molar-refractivity contribution in [3.8, 4) is 0 Å².